The van der Waals surface area contributed by atoms with Crippen LogP contribution in [0.5, 0.6) is 0 Å². The van der Waals surface area contributed by atoms with Crippen molar-refractivity contribution in [2.45, 2.75) is 10.3 Å². The van der Waals surface area contributed by atoms with Crippen molar-refractivity contribution in [3.05, 3.63) is 41.4 Å². The van der Waals surface area contributed by atoms with E-state index in [1.54, 1.807) is 6.07 Å². The zero-order chi connectivity index (χ0) is 14.8. The molecular formula is C12H9ClFN3O2S. The SMILES string of the molecule is N#CC(N1C=C(Cl)N=CC1)S(=O)(=O)c1ccc(F)cc1. The Balaban J connectivity index is 2.39. The minimum Gasteiger partial charge on any atom is -0.341 e. The highest BCUT2D eigenvalue weighted by Gasteiger charge is 2.32. The van der Waals surface area contributed by atoms with E-state index in [0.29, 0.717) is 0 Å². The van der Waals surface area contributed by atoms with Crippen molar-refractivity contribution < 1.29 is 12.8 Å². The van der Waals surface area contributed by atoms with Crippen molar-refractivity contribution >= 4 is 27.7 Å². The summed E-state index contributed by atoms with van der Waals surface area (Å²) in [7, 11) is -3.96. The lowest BCUT2D eigenvalue weighted by Gasteiger charge is -2.25. The molecule has 8 heteroatoms. The predicted molar refractivity (Wildman–Crippen MR) is 72.1 cm³/mol. The fourth-order valence-electron chi connectivity index (χ4n) is 1.68. The van der Waals surface area contributed by atoms with Gasteiger partial charge < -0.3 is 4.90 Å². The van der Waals surface area contributed by atoms with E-state index < -0.39 is 21.0 Å². The molecule has 0 N–H and O–H groups in total. The van der Waals surface area contributed by atoms with Crippen LogP contribution >= 0.6 is 11.6 Å². The second kappa shape index (κ2) is 5.61. The standard InChI is InChI=1S/C12H9ClFN3O2S/c13-11-8-17(6-5-16-11)12(7-15)20(18,19)10-3-1-9(14)2-4-10/h1-5,8,12H,6H2. The highest BCUT2D eigenvalue weighted by atomic mass is 35.5. The quantitative estimate of drug-likeness (QED) is 0.631. The van der Waals surface area contributed by atoms with Crippen molar-refractivity contribution in [3.63, 3.8) is 0 Å². The first-order chi connectivity index (χ1) is 9.45. The first-order valence-corrected chi connectivity index (χ1v) is 7.42. The smallest absolute Gasteiger partial charge is 0.224 e. The third-order valence-electron chi connectivity index (χ3n) is 2.63. The number of benzene rings is 1. The molecule has 0 aliphatic carbocycles. The Kier molecular flexibility index (Phi) is 4.06. The van der Waals surface area contributed by atoms with Gasteiger partial charge >= 0.3 is 0 Å². The van der Waals surface area contributed by atoms with Crippen LogP contribution < -0.4 is 0 Å². The van der Waals surface area contributed by atoms with Crippen LogP contribution in [0.25, 0.3) is 0 Å². The molecule has 0 spiro atoms. The summed E-state index contributed by atoms with van der Waals surface area (Å²) in [6.07, 6.45) is 2.70. The maximum absolute atomic E-state index is 12.8. The minimum absolute atomic E-state index is 0.0887. The number of nitrogens with zero attached hydrogens (tertiary/aromatic N) is 3. The van der Waals surface area contributed by atoms with E-state index in [9.17, 15) is 12.8 Å². The van der Waals surface area contributed by atoms with Gasteiger partial charge in [-0.25, -0.2) is 17.8 Å². The lowest BCUT2D eigenvalue weighted by molar-refractivity contribution is 0.424. The number of rotatable bonds is 3. The van der Waals surface area contributed by atoms with Gasteiger partial charge in [0.25, 0.3) is 0 Å². The summed E-state index contributed by atoms with van der Waals surface area (Å²) >= 11 is 5.70. The zero-order valence-corrected chi connectivity index (χ0v) is 11.6. The molecule has 0 saturated carbocycles. The number of nitriles is 1. The number of sulfone groups is 1. The Bertz CT molecular complexity index is 707. The lowest BCUT2D eigenvalue weighted by atomic mass is 10.4. The third-order valence-corrected chi connectivity index (χ3v) is 4.72. The van der Waals surface area contributed by atoms with E-state index in [0.717, 1.165) is 24.3 Å². The number of hydrogen-bond donors (Lipinski definition) is 0. The zero-order valence-electron chi connectivity index (χ0n) is 10.1. The van der Waals surface area contributed by atoms with E-state index in [4.69, 9.17) is 16.9 Å². The molecule has 1 aromatic rings. The fourth-order valence-corrected chi connectivity index (χ4v) is 3.29. The summed E-state index contributed by atoms with van der Waals surface area (Å²) < 4.78 is 37.6. The summed E-state index contributed by atoms with van der Waals surface area (Å²) in [5, 5.41) is 7.79. The van der Waals surface area contributed by atoms with E-state index in [1.807, 2.05) is 0 Å². The Morgan fingerprint density at radius 2 is 2.05 bits per heavy atom. The summed E-state index contributed by atoms with van der Waals surface area (Å²) in [6, 6.07) is 6.03. The van der Waals surface area contributed by atoms with Crippen LogP contribution in [0.15, 0.2) is 45.5 Å². The second-order valence-electron chi connectivity index (χ2n) is 3.94. The average Bonchev–Trinajstić information content (AvgIpc) is 2.40. The van der Waals surface area contributed by atoms with Gasteiger partial charge in [-0.1, -0.05) is 11.6 Å². The first-order valence-electron chi connectivity index (χ1n) is 5.50. The van der Waals surface area contributed by atoms with E-state index in [-0.39, 0.29) is 16.6 Å². The lowest BCUT2D eigenvalue weighted by Crippen LogP contribution is -2.38. The highest BCUT2D eigenvalue weighted by Crippen LogP contribution is 2.21. The summed E-state index contributed by atoms with van der Waals surface area (Å²) in [5.74, 6) is -0.550. The maximum atomic E-state index is 12.8. The molecule has 1 unspecified atom stereocenters. The third kappa shape index (κ3) is 2.81. The van der Waals surface area contributed by atoms with Crippen LogP contribution in [0.1, 0.15) is 0 Å². The Labute approximate surface area is 120 Å². The second-order valence-corrected chi connectivity index (χ2v) is 6.34. The molecule has 0 saturated heterocycles. The Morgan fingerprint density at radius 3 is 2.60 bits per heavy atom. The van der Waals surface area contributed by atoms with Gasteiger partial charge in [-0.3, -0.25) is 0 Å². The van der Waals surface area contributed by atoms with E-state index in [1.165, 1.54) is 17.3 Å². The van der Waals surface area contributed by atoms with Crippen LogP contribution in [0.4, 0.5) is 4.39 Å². The van der Waals surface area contributed by atoms with E-state index in [2.05, 4.69) is 4.99 Å². The van der Waals surface area contributed by atoms with Crippen LogP contribution in [0.2, 0.25) is 0 Å². The number of hydrogen-bond acceptors (Lipinski definition) is 5. The van der Waals surface area contributed by atoms with Crippen molar-refractivity contribution in [1.29, 1.82) is 5.26 Å². The summed E-state index contributed by atoms with van der Waals surface area (Å²) in [4.78, 5) is 4.90. The number of halogens is 2. The molecule has 104 valence electrons. The topological polar surface area (TPSA) is 73.5 Å². The average molecular weight is 314 g/mol. The Hall–Kier alpha value is -1.91. The van der Waals surface area contributed by atoms with Gasteiger partial charge in [0.05, 0.1) is 11.4 Å². The molecule has 1 aliphatic rings. The number of aliphatic imine (C=N–C) groups is 1. The molecule has 2 rings (SSSR count). The van der Waals surface area contributed by atoms with Crippen LogP contribution in [-0.4, -0.2) is 31.5 Å². The molecule has 1 heterocycles. The molecule has 20 heavy (non-hydrogen) atoms. The Morgan fingerprint density at radius 1 is 1.40 bits per heavy atom. The summed E-state index contributed by atoms with van der Waals surface area (Å²) in [6.45, 7) is 0.148. The van der Waals surface area contributed by atoms with Crippen LogP contribution in [0, 0.1) is 17.1 Å². The van der Waals surface area contributed by atoms with Crippen LogP contribution in [0.3, 0.4) is 0 Å². The van der Waals surface area contributed by atoms with Gasteiger partial charge in [0.2, 0.25) is 15.2 Å². The van der Waals surface area contributed by atoms with E-state index >= 15 is 0 Å². The molecule has 5 nitrogen and oxygen atoms in total. The molecule has 1 aromatic carbocycles. The molecule has 0 amide bonds. The molecule has 0 aromatic heterocycles. The van der Waals surface area contributed by atoms with Gasteiger partial charge in [0.1, 0.15) is 17.0 Å². The molecule has 0 bridgehead atoms. The van der Waals surface area contributed by atoms with Gasteiger partial charge in [0.15, 0.2) is 0 Å². The van der Waals surface area contributed by atoms with Crippen molar-refractivity contribution in [3.8, 4) is 6.07 Å². The van der Waals surface area contributed by atoms with Crippen molar-refractivity contribution in [1.82, 2.24) is 4.90 Å². The molecule has 1 atom stereocenters. The largest absolute Gasteiger partial charge is 0.341 e. The maximum Gasteiger partial charge on any atom is 0.224 e. The van der Waals surface area contributed by atoms with Crippen LogP contribution in [-0.2, 0) is 9.84 Å². The molecule has 0 radical (unpaired) electrons. The van der Waals surface area contributed by atoms with Crippen molar-refractivity contribution in [2.75, 3.05) is 6.54 Å². The highest BCUT2D eigenvalue weighted by molar-refractivity contribution is 7.92. The predicted octanol–water partition coefficient (Wildman–Crippen LogP) is 1.87. The van der Waals surface area contributed by atoms with Gasteiger partial charge in [-0.2, -0.15) is 5.26 Å². The minimum atomic E-state index is -3.96. The molecular weight excluding hydrogens is 305 g/mol. The summed E-state index contributed by atoms with van der Waals surface area (Å²) in [5.41, 5.74) is 0. The monoisotopic (exact) mass is 313 g/mol. The first kappa shape index (κ1) is 14.5. The normalized spacial score (nSPS) is 16.4. The molecule has 0 fully saturated rings. The van der Waals surface area contributed by atoms with Gasteiger partial charge in [-0.05, 0) is 24.3 Å². The fraction of sp³-hybridized carbons (Fsp3) is 0.167. The van der Waals surface area contributed by atoms with Crippen molar-refractivity contribution in [2.24, 2.45) is 4.99 Å². The van der Waals surface area contributed by atoms with Gasteiger partial charge in [-0.15, -0.1) is 0 Å². The molecule has 1 aliphatic heterocycles. The van der Waals surface area contributed by atoms with Gasteiger partial charge in [0, 0.05) is 12.4 Å².